The number of nitrogens with one attached hydrogen (secondary N) is 1. The van der Waals surface area contributed by atoms with Crippen LogP contribution in [0.15, 0.2) is 24.3 Å². The molecule has 0 spiro atoms. The van der Waals surface area contributed by atoms with Crippen LogP contribution in [0.5, 0.6) is 0 Å². The molecular weight excluding hydrogens is 315 g/mol. The molecule has 1 aliphatic rings. The second-order valence-electron chi connectivity index (χ2n) is 5.92. The number of benzene rings is 1. The van der Waals surface area contributed by atoms with Gasteiger partial charge in [-0.1, -0.05) is 13.0 Å². The number of hydrogen-bond donors (Lipinski definition) is 1. The van der Waals surface area contributed by atoms with Gasteiger partial charge in [0, 0.05) is 18.7 Å². The molecule has 1 fully saturated rings. The third kappa shape index (κ3) is 5.33. The number of piperidine rings is 1. The van der Waals surface area contributed by atoms with Crippen molar-refractivity contribution in [3.63, 3.8) is 0 Å². The van der Waals surface area contributed by atoms with Crippen molar-refractivity contribution in [1.29, 1.82) is 0 Å². The Morgan fingerprint density at radius 3 is 2.67 bits per heavy atom. The van der Waals surface area contributed by atoms with E-state index in [4.69, 9.17) is 4.74 Å². The maximum Gasteiger partial charge on any atom is 0.325 e. The van der Waals surface area contributed by atoms with E-state index in [1.807, 2.05) is 0 Å². The van der Waals surface area contributed by atoms with Crippen LogP contribution in [0.3, 0.4) is 0 Å². The third-order valence-electron chi connectivity index (χ3n) is 3.97. The second kappa shape index (κ2) is 8.42. The van der Waals surface area contributed by atoms with Crippen LogP contribution in [0.1, 0.15) is 30.1 Å². The van der Waals surface area contributed by atoms with E-state index in [2.05, 4.69) is 12.2 Å². The van der Waals surface area contributed by atoms with Gasteiger partial charge >= 0.3 is 5.97 Å². The molecule has 0 saturated carbocycles. The summed E-state index contributed by atoms with van der Waals surface area (Å²) < 4.78 is 17.9. The van der Waals surface area contributed by atoms with E-state index in [-0.39, 0.29) is 24.6 Å². The Kier molecular flexibility index (Phi) is 6.28. The number of amides is 2. The quantitative estimate of drug-likeness (QED) is 0.824. The minimum Gasteiger partial charge on any atom is -0.454 e. The molecular formula is C17H21FN2O4. The van der Waals surface area contributed by atoms with Crippen LogP contribution in [0.4, 0.5) is 4.39 Å². The number of nitrogens with zero attached hydrogens (tertiary/aromatic N) is 1. The van der Waals surface area contributed by atoms with Crippen molar-refractivity contribution in [2.45, 2.75) is 19.8 Å². The number of esters is 1. The molecule has 130 valence electrons. The van der Waals surface area contributed by atoms with Gasteiger partial charge in [0.05, 0.1) is 0 Å². The first-order valence-electron chi connectivity index (χ1n) is 7.93. The second-order valence-corrected chi connectivity index (χ2v) is 5.92. The molecule has 1 aromatic rings. The minimum absolute atomic E-state index is 0.112. The molecule has 0 unspecified atom stereocenters. The van der Waals surface area contributed by atoms with Gasteiger partial charge in [-0.25, -0.2) is 4.39 Å². The minimum atomic E-state index is -0.710. The van der Waals surface area contributed by atoms with Crippen molar-refractivity contribution in [2.24, 2.45) is 5.92 Å². The molecule has 0 aliphatic carbocycles. The zero-order valence-corrected chi connectivity index (χ0v) is 13.6. The van der Waals surface area contributed by atoms with Crippen LogP contribution in [0, 0.1) is 11.7 Å². The monoisotopic (exact) mass is 336 g/mol. The van der Waals surface area contributed by atoms with E-state index >= 15 is 0 Å². The van der Waals surface area contributed by atoms with E-state index in [0.29, 0.717) is 19.0 Å². The molecule has 2 rings (SSSR count). The molecule has 6 nitrogen and oxygen atoms in total. The van der Waals surface area contributed by atoms with Crippen molar-refractivity contribution in [2.75, 3.05) is 26.2 Å². The van der Waals surface area contributed by atoms with E-state index in [1.165, 1.54) is 18.2 Å². The summed E-state index contributed by atoms with van der Waals surface area (Å²) in [5.74, 6) is -1.45. The number of likely N-dealkylation sites (tertiary alicyclic amines) is 1. The summed E-state index contributed by atoms with van der Waals surface area (Å²) in [6, 6.07) is 5.13. The van der Waals surface area contributed by atoms with Crippen LogP contribution in [0.25, 0.3) is 0 Å². The van der Waals surface area contributed by atoms with Gasteiger partial charge in [-0.05, 0) is 37.0 Å². The highest BCUT2D eigenvalue weighted by Gasteiger charge is 2.21. The van der Waals surface area contributed by atoms with Gasteiger partial charge in [-0.15, -0.1) is 0 Å². The molecule has 1 heterocycles. The van der Waals surface area contributed by atoms with Crippen LogP contribution < -0.4 is 5.32 Å². The fraction of sp³-hybridized carbons (Fsp3) is 0.471. The average molecular weight is 336 g/mol. The van der Waals surface area contributed by atoms with Crippen LogP contribution in [0.2, 0.25) is 0 Å². The predicted octanol–water partition coefficient (Wildman–Crippen LogP) is 1.36. The highest BCUT2D eigenvalue weighted by molar-refractivity contribution is 5.96. The third-order valence-corrected chi connectivity index (χ3v) is 3.97. The number of halogens is 1. The average Bonchev–Trinajstić information content (AvgIpc) is 2.58. The van der Waals surface area contributed by atoms with E-state index in [1.54, 1.807) is 4.90 Å². The van der Waals surface area contributed by atoms with Crippen LogP contribution >= 0.6 is 0 Å². The van der Waals surface area contributed by atoms with Crippen LogP contribution in [-0.2, 0) is 14.3 Å². The highest BCUT2D eigenvalue weighted by Crippen LogP contribution is 2.15. The maximum absolute atomic E-state index is 13.0. The molecule has 0 atom stereocenters. The zero-order valence-electron chi connectivity index (χ0n) is 13.6. The van der Waals surface area contributed by atoms with Gasteiger partial charge in [-0.2, -0.15) is 0 Å². The van der Waals surface area contributed by atoms with Crippen molar-refractivity contribution >= 4 is 17.8 Å². The summed E-state index contributed by atoms with van der Waals surface area (Å²) in [6.07, 6.45) is 1.90. The Morgan fingerprint density at radius 2 is 2.00 bits per heavy atom. The molecule has 0 radical (unpaired) electrons. The number of hydrogen-bond acceptors (Lipinski definition) is 4. The fourth-order valence-corrected chi connectivity index (χ4v) is 2.43. The zero-order chi connectivity index (χ0) is 17.5. The van der Waals surface area contributed by atoms with Gasteiger partial charge in [0.25, 0.3) is 11.8 Å². The molecule has 1 saturated heterocycles. The van der Waals surface area contributed by atoms with Crippen molar-refractivity contribution in [1.82, 2.24) is 10.2 Å². The standard InChI is InChI=1S/C17H21FN2O4/c1-12-5-7-20(8-6-12)15(21)11-24-16(22)10-19-17(23)13-3-2-4-14(18)9-13/h2-4,9,12H,5-8,10-11H2,1H3,(H,19,23). The fourth-order valence-electron chi connectivity index (χ4n) is 2.43. The topological polar surface area (TPSA) is 75.7 Å². The SMILES string of the molecule is CC1CCN(C(=O)COC(=O)CNC(=O)c2cccc(F)c2)CC1. The Labute approximate surface area is 140 Å². The van der Waals surface area contributed by atoms with Gasteiger partial charge in [0.1, 0.15) is 12.4 Å². The Hall–Kier alpha value is -2.44. The smallest absolute Gasteiger partial charge is 0.325 e. The van der Waals surface area contributed by atoms with Crippen molar-refractivity contribution < 1.29 is 23.5 Å². The normalized spacial score (nSPS) is 15.0. The summed E-state index contributed by atoms with van der Waals surface area (Å²) >= 11 is 0. The first-order valence-corrected chi connectivity index (χ1v) is 7.93. The lowest BCUT2D eigenvalue weighted by Crippen LogP contribution is -2.41. The van der Waals surface area contributed by atoms with Gasteiger partial charge in [-0.3, -0.25) is 14.4 Å². The summed E-state index contributed by atoms with van der Waals surface area (Å²) in [4.78, 5) is 37.0. The lowest BCUT2D eigenvalue weighted by molar-refractivity contribution is -0.151. The summed E-state index contributed by atoms with van der Waals surface area (Å²) in [5, 5.41) is 2.33. The van der Waals surface area contributed by atoms with Crippen molar-refractivity contribution in [3.8, 4) is 0 Å². The first-order chi connectivity index (χ1) is 11.5. The number of rotatable bonds is 5. The Balaban J connectivity index is 1.69. The molecule has 1 aromatic carbocycles. The van der Waals surface area contributed by atoms with Gasteiger partial charge < -0.3 is 15.0 Å². The lowest BCUT2D eigenvalue weighted by atomic mass is 9.99. The summed E-state index contributed by atoms with van der Waals surface area (Å²) in [5.41, 5.74) is 0.112. The molecule has 2 amide bonds. The van der Waals surface area contributed by atoms with Gasteiger partial charge in [0.2, 0.25) is 0 Å². The lowest BCUT2D eigenvalue weighted by Gasteiger charge is -2.30. The summed E-state index contributed by atoms with van der Waals surface area (Å²) in [7, 11) is 0. The molecule has 1 N–H and O–H groups in total. The molecule has 0 aromatic heterocycles. The van der Waals surface area contributed by atoms with Gasteiger partial charge in [0.15, 0.2) is 6.61 Å². The number of carbonyl (C=O) groups is 3. The highest BCUT2D eigenvalue weighted by atomic mass is 19.1. The molecule has 24 heavy (non-hydrogen) atoms. The molecule has 1 aliphatic heterocycles. The first kappa shape index (κ1) is 17.9. The Morgan fingerprint density at radius 1 is 1.29 bits per heavy atom. The van der Waals surface area contributed by atoms with E-state index in [9.17, 15) is 18.8 Å². The maximum atomic E-state index is 13.0. The van der Waals surface area contributed by atoms with Crippen molar-refractivity contribution in [3.05, 3.63) is 35.6 Å². The largest absolute Gasteiger partial charge is 0.454 e. The van der Waals surface area contributed by atoms with Crippen LogP contribution in [-0.4, -0.2) is 48.9 Å². The summed E-state index contributed by atoms with van der Waals surface area (Å²) in [6.45, 7) is 2.79. The van der Waals surface area contributed by atoms with E-state index in [0.717, 1.165) is 18.9 Å². The number of carbonyl (C=O) groups excluding carboxylic acids is 3. The molecule has 0 bridgehead atoms. The number of ether oxygens (including phenoxy) is 1. The molecule has 7 heteroatoms. The Bertz CT molecular complexity index is 612. The predicted molar refractivity (Wildman–Crippen MR) is 84.7 cm³/mol. The van der Waals surface area contributed by atoms with E-state index < -0.39 is 17.7 Å².